The van der Waals surface area contributed by atoms with Gasteiger partial charge in [-0.25, -0.2) is 9.97 Å². The van der Waals surface area contributed by atoms with Gasteiger partial charge in [-0.05, 0) is 29.8 Å². The van der Waals surface area contributed by atoms with Crippen LogP contribution in [0.4, 0.5) is 5.69 Å². The Hall–Kier alpha value is -4.06. The van der Waals surface area contributed by atoms with Crippen LogP contribution in [0.15, 0.2) is 83.6 Å². The molecule has 3 heterocycles. The second-order valence-electron chi connectivity index (χ2n) is 7.19. The Balaban J connectivity index is 1.66. The molecule has 3 N–H and O–H groups in total. The highest BCUT2D eigenvalue weighted by molar-refractivity contribution is 5.65. The van der Waals surface area contributed by atoms with Gasteiger partial charge < -0.3 is 15.3 Å². The van der Waals surface area contributed by atoms with Crippen molar-refractivity contribution in [2.45, 2.75) is 12.8 Å². The molecule has 0 radical (unpaired) electrons. The van der Waals surface area contributed by atoms with Crippen molar-refractivity contribution in [1.82, 2.24) is 14.4 Å². The predicted octanol–water partition coefficient (Wildman–Crippen LogP) is 4.46. The van der Waals surface area contributed by atoms with Gasteiger partial charge in [0.05, 0.1) is 24.1 Å². The number of benzene rings is 2. The highest BCUT2D eigenvalue weighted by Crippen LogP contribution is 2.28. The van der Waals surface area contributed by atoms with Crippen molar-refractivity contribution in [1.29, 1.82) is 0 Å². The fraction of sp³-hybridized carbons (Fsp3) is 0.0833. The monoisotopic (exact) mass is 396 g/mol. The summed E-state index contributed by atoms with van der Waals surface area (Å²) < 4.78 is 7.13. The van der Waals surface area contributed by atoms with Gasteiger partial charge >= 0.3 is 0 Å². The number of nitrogen functional groups attached to an aromatic ring is 1. The first-order valence-corrected chi connectivity index (χ1v) is 9.69. The number of anilines is 1. The molecule has 0 spiro atoms. The maximum Gasteiger partial charge on any atom is 0.219 e. The van der Waals surface area contributed by atoms with E-state index in [1.54, 1.807) is 10.7 Å². The number of fused-ring (bicyclic) bond motifs is 1. The number of nitrogens with zero attached hydrogens (tertiary/aromatic N) is 3. The third kappa shape index (κ3) is 3.39. The van der Waals surface area contributed by atoms with Gasteiger partial charge in [-0.1, -0.05) is 42.5 Å². The molecule has 0 aliphatic rings. The lowest BCUT2D eigenvalue weighted by Gasteiger charge is -2.09. The Labute approximate surface area is 173 Å². The van der Waals surface area contributed by atoms with Gasteiger partial charge in [0, 0.05) is 23.9 Å². The molecule has 0 bridgehead atoms. The Morgan fingerprint density at radius 3 is 2.40 bits per heavy atom. The zero-order chi connectivity index (χ0) is 20.5. The average molecular weight is 396 g/mol. The number of hydrogen-bond donors (Lipinski definition) is 2. The van der Waals surface area contributed by atoms with E-state index in [1.807, 2.05) is 60.8 Å². The summed E-state index contributed by atoms with van der Waals surface area (Å²) in [6.45, 7) is 0. The Kier molecular flexibility index (Phi) is 4.44. The zero-order valence-corrected chi connectivity index (χ0v) is 16.2. The third-order valence-corrected chi connectivity index (χ3v) is 5.06. The van der Waals surface area contributed by atoms with Gasteiger partial charge in [0.2, 0.25) is 5.88 Å². The summed E-state index contributed by atoms with van der Waals surface area (Å²) in [5.74, 6) is 0.833. The molecule has 0 saturated heterocycles. The summed E-state index contributed by atoms with van der Waals surface area (Å²) in [4.78, 5) is 9.59. The van der Waals surface area contributed by atoms with E-state index in [-0.39, 0.29) is 5.88 Å². The van der Waals surface area contributed by atoms with E-state index in [1.165, 1.54) is 0 Å². The predicted molar refractivity (Wildman–Crippen MR) is 115 cm³/mol. The first-order chi connectivity index (χ1) is 14.7. The molecule has 0 fully saturated rings. The van der Waals surface area contributed by atoms with Crippen molar-refractivity contribution >= 4 is 11.3 Å². The summed E-state index contributed by atoms with van der Waals surface area (Å²) in [6.07, 6.45) is 4.43. The summed E-state index contributed by atoms with van der Waals surface area (Å²) in [5.41, 5.74) is 11.3. The topological polar surface area (TPSA) is 89.6 Å². The fourth-order valence-electron chi connectivity index (χ4n) is 3.54. The fourth-order valence-corrected chi connectivity index (χ4v) is 3.54. The van der Waals surface area contributed by atoms with Crippen LogP contribution in [-0.4, -0.2) is 19.5 Å². The van der Waals surface area contributed by atoms with Gasteiger partial charge in [0.1, 0.15) is 11.5 Å². The van der Waals surface area contributed by atoms with Gasteiger partial charge in [-0.2, -0.15) is 0 Å². The molecule has 148 valence electrons. The average Bonchev–Trinajstić information content (AvgIpc) is 3.38. The van der Waals surface area contributed by atoms with Crippen molar-refractivity contribution in [2.75, 3.05) is 5.73 Å². The summed E-state index contributed by atoms with van der Waals surface area (Å²) >= 11 is 0. The molecule has 6 nitrogen and oxygen atoms in total. The number of nitrogens with two attached hydrogens (primary N) is 1. The molecule has 0 unspecified atom stereocenters. The van der Waals surface area contributed by atoms with E-state index in [2.05, 4.69) is 12.1 Å². The summed E-state index contributed by atoms with van der Waals surface area (Å²) in [7, 11) is 0. The van der Waals surface area contributed by atoms with Crippen LogP contribution in [0.1, 0.15) is 22.7 Å². The summed E-state index contributed by atoms with van der Waals surface area (Å²) in [5, 5.41) is 10.9. The molecule has 0 atom stereocenters. The number of furan rings is 1. The van der Waals surface area contributed by atoms with Gasteiger partial charge in [-0.15, -0.1) is 0 Å². The van der Waals surface area contributed by atoms with Gasteiger partial charge in [0.15, 0.2) is 5.65 Å². The third-order valence-electron chi connectivity index (χ3n) is 5.06. The van der Waals surface area contributed by atoms with Crippen molar-refractivity contribution in [3.63, 3.8) is 0 Å². The minimum absolute atomic E-state index is 0.0924. The van der Waals surface area contributed by atoms with Crippen LogP contribution in [0, 0.1) is 0 Å². The second kappa shape index (κ2) is 7.40. The molecule has 0 aliphatic carbocycles. The SMILES string of the molecule is Nc1ccc(-c2cn3c(O)c(Cc4ccco4)nc3c(Cc3ccccc3)n2)cc1. The lowest BCUT2D eigenvalue weighted by Crippen LogP contribution is -2.01. The van der Waals surface area contributed by atoms with E-state index in [0.29, 0.717) is 29.9 Å². The largest absolute Gasteiger partial charge is 0.493 e. The lowest BCUT2D eigenvalue weighted by atomic mass is 10.1. The van der Waals surface area contributed by atoms with Gasteiger partial charge in [-0.3, -0.25) is 4.40 Å². The van der Waals surface area contributed by atoms with Crippen LogP contribution >= 0.6 is 0 Å². The quantitative estimate of drug-likeness (QED) is 0.428. The van der Waals surface area contributed by atoms with E-state index in [9.17, 15) is 5.11 Å². The molecule has 3 aromatic heterocycles. The number of hydrogen-bond acceptors (Lipinski definition) is 5. The lowest BCUT2D eigenvalue weighted by molar-refractivity contribution is 0.438. The van der Waals surface area contributed by atoms with Crippen LogP contribution in [0.3, 0.4) is 0 Å². The van der Waals surface area contributed by atoms with Crippen LogP contribution in [-0.2, 0) is 12.8 Å². The van der Waals surface area contributed by atoms with E-state index >= 15 is 0 Å². The molecular formula is C24H20N4O2. The minimum atomic E-state index is 0.0924. The molecule has 0 amide bonds. The minimum Gasteiger partial charge on any atom is -0.493 e. The number of imidazole rings is 1. The molecule has 6 heteroatoms. The second-order valence-corrected chi connectivity index (χ2v) is 7.19. The van der Waals surface area contributed by atoms with Crippen molar-refractivity contribution < 1.29 is 9.52 Å². The molecule has 5 aromatic rings. The van der Waals surface area contributed by atoms with Crippen LogP contribution in [0.5, 0.6) is 5.88 Å². The molecule has 0 saturated carbocycles. The standard InChI is InChI=1S/C24H20N4O2/c25-18-10-8-17(9-11-18)22-15-28-23(20(26-22)13-16-5-2-1-3-6-16)27-21(24(28)29)14-19-7-4-12-30-19/h1-12,15,29H,13-14,25H2. The Morgan fingerprint density at radius 1 is 0.867 bits per heavy atom. The molecular weight excluding hydrogens is 376 g/mol. The normalized spacial score (nSPS) is 11.2. The smallest absolute Gasteiger partial charge is 0.219 e. The number of aromatic hydroxyl groups is 1. The van der Waals surface area contributed by atoms with Crippen molar-refractivity contribution in [2.24, 2.45) is 0 Å². The van der Waals surface area contributed by atoms with E-state index < -0.39 is 0 Å². The highest BCUT2D eigenvalue weighted by atomic mass is 16.3. The molecule has 2 aromatic carbocycles. The zero-order valence-electron chi connectivity index (χ0n) is 16.2. The number of rotatable bonds is 5. The Morgan fingerprint density at radius 2 is 1.67 bits per heavy atom. The first-order valence-electron chi connectivity index (χ1n) is 9.69. The molecule has 0 aliphatic heterocycles. The Bertz CT molecular complexity index is 1290. The van der Waals surface area contributed by atoms with Crippen LogP contribution in [0.25, 0.3) is 16.9 Å². The van der Waals surface area contributed by atoms with Crippen molar-refractivity contribution in [3.05, 3.63) is 102 Å². The number of aromatic nitrogens is 3. The maximum absolute atomic E-state index is 10.9. The van der Waals surface area contributed by atoms with E-state index in [4.69, 9.17) is 20.1 Å². The van der Waals surface area contributed by atoms with Crippen molar-refractivity contribution in [3.8, 4) is 17.1 Å². The maximum atomic E-state index is 10.9. The van der Waals surface area contributed by atoms with Crippen LogP contribution < -0.4 is 5.73 Å². The van der Waals surface area contributed by atoms with Gasteiger partial charge in [0.25, 0.3) is 0 Å². The molecule has 5 rings (SSSR count). The first kappa shape index (κ1) is 18.0. The molecule has 30 heavy (non-hydrogen) atoms. The summed E-state index contributed by atoms with van der Waals surface area (Å²) in [6, 6.07) is 21.3. The van der Waals surface area contributed by atoms with Crippen LogP contribution in [0.2, 0.25) is 0 Å². The highest BCUT2D eigenvalue weighted by Gasteiger charge is 2.18. The van der Waals surface area contributed by atoms with E-state index in [0.717, 1.165) is 28.3 Å².